The molecule has 4 aromatic rings. The Morgan fingerprint density at radius 3 is 1.40 bits per heavy atom. The molecular formula is C70H88F6N8O11S2. The number of unbranched alkanes of at least 4 members (excludes halogenated alkanes) is 4. The molecule has 4 aromatic carbocycles. The van der Waals surface area contributed by atoms with Gasteiger partial charge in [-0.05, 0) is 200 Å². The number of nitrogens with one attached hydrogen (secondary N) is 3. The molecule has 27 heteroatoms. The minimum atomic E-state index is -4.65. The van der Waals surface area contributed by atoms with Crippen LogP contribution in [0.5, 0.6) is 11.5 Å². The van der Waals surface area contributed by atoms with Gasteiger partial charge in [-0.25, -0.2) is 30.2 Å². The van der Waals surface area contributed by atoms with Crippen molar-refractivity contribution < 1.29 is 76.9 Å². The molecule has 0 saturated carbocycles. The monoisotopic (exact) mass is 1390 g/mol. The van der Waals surface area contributed by atoms with E-state index >= 15 is 0 Å². The standard InChI is InChI=1S/C35H43F3N4O5S.C28H30F3N3O6S.C7H15N/c1-5-7-9-10-16-41(4)32(43)27-12-11-26(25(3)21-27)13-20-48(45,46)42-17-14-34(15-18-42)33(44)39-31(40-34)28-22-29(35(36,37)38)24-30(23-28)47-19-8-6-2;1-3-4-12-40-23-16-21(15-22(17-23)28(29,30)31)24-32-26(37)27(33-24)8-10-34(11-9-27)41(38,39)13-7-19-5-6-20(25(35)36)14-18(19)2;1-3-4-5-6-7-8-2/h5-6,11-12,21-24H,1-2,7-10,13-20H2,3-4H3,(H,39,40,44);3,5-6,14-17H,1,4,7-13H2,2H3,(H,35,36)(H,32,33,37);3,8H,1,4-7H2,2H3. The number of hydrogen-bond acceptors (Lipinski definition) is 13. The second-order valence-electron chi connectivity index (χ2n) is 24.1. The van der Waals surface area contributed by atoms with Crippen molar-refractivity contribution in [2.75, 3.05) is 78.1 Å². The van der Waals surface area contributed by atoms with Gasteiger partial charge in [-0.1, -0.05) is 36.4 Å². The van der Waals surface area contributed by atoms with Gasteiger partial charge in [0.15, 0.2) is 0 Å². The van der Waals surface area contributed by atoms with E-state index in [2.05, 4.69) is 52.3 Å². The van der Waals surface area contributed by atoms with Crippen LogP contribution in [0.4, 0.5) is 26.3 Å². The average Bonchev–Trinajstić information content (AvgIpc) is 1.64. The zero-order valence-electron chi connectivity index (χ0n) is 55.4. The van der Waals surface area contributed by atoms with Gasteiger partial charge >= 0.3 is 18.3 Å². The van der Waals surface area contributed by atoms with E-state index in [9.17, 15) is 62.4 Å². The van der Waals surface area contributed by atoms with Gasteiger partial charge in [0.1, 0.15) is 34.2 Å². The molecule has 0 radical (unpaired) electrons. The van der Waals surface area contributed by atoms with Crippen molar-refractivity contribution in [2.24, 2.45) is 9.98 Å². The van der Waals surface area contributed by atoms with Crippen LogP contribution in [0.1, 0.15) is 142 Å². The van der Waals surface area contributed by atoms with Gasteiger partial charge in [-0.2, -0.15) is 26.3 Å². The molecule has 0 atom stereocenters. The van der Waals surface area contributed by atoms with Crippen molar-refractivity contribution in [1.29, 1.82) is 0 Å². The SMILES string of the molecule is C=CCCCCN(C)C(=O)c1ccc(CCS(=O)(=O)N2CCC3(CC2)N=C(c2cc(OCCC=C)cc(C(F)(F)F)c2)NC3=O)c(C)c1.C=CCCCCNC.C=CCCOc1cc(C2=NC3(CCN(S(=O)(=O)CCc4ccc(C(=O)O)cc4C)CC3)C(=O)N2)cc(C(F)(F)F)c1. The number of benzene rings is 4. The first-order chi connectivity index (χ1) is 45.8. The number of rotatable bonds is 30. The van der Waals surface area contributed by atoms with Crippen LogP contribution in [0.2, 0.25) is 0 Å². The van der Waals surface area contributed by atoms with Crippen LogP contribution in [-0.4, -0.2) is 160 Å². The first kappa shape index (κ1) is 78.0. The Balaban J connectivity index is 0.000000278. The minimum absolute atomic E-state index is 0.00716. The third-order valence-electron chi connectivity index (χ3n) is 17.1. The average molecular weight is 1400 g/mol. The van der Waals surface area contributed by atoms with E-state index in [1.165, 1.54) is 45.7 Å². The summed E-state index contributed by atoms with van der Waals surface area (Å²) in [5.74, 6) is -2.56. The first-order valence-corrected chi connectivity index (χ1v) is 35.3. The third kappa shape index (κ3) is 21.8. The highest BCUT2D eigenvalue weighted by molar-refractivity contribution is 7.89. The fourth-order valence-corrected chi connectivity index (χ4v) is 14.2. The van der Waals surface area contributed by atoms with Gasteiger partial charge in [0.2, 0.25) is 20.0 Å². The molecule has 4 heterocycles. The molecule has 0 aromatic heterocycles. The third-order valence-corrected chi connectivity index (χ3v) is 20.8. The van der Waals surface area contributed by atoms with E-state index in [0.29, 0.717) is 36.1 Å². The Morgan fingerprint density at radius 2 is 1.02 bits per heavy atom. The topological polar surface area (TPSA) is 246 Å². The van der Waals surface area contributed by atoms with Crippen molar-refractivity contribution in [1.82, 2.24) is 29.5 Å². The van der Waals surface area contributed by atoms with Crippen molar-refractivity contribution in [3.8, 4) is 11.5 Å². The van der Waals surface area contributed by atoms with Crippen LogP contribution in [0.15, 0.2) is 133 Å². The first-order valence-electron chi connectivity index (χ1n) is 32.1. The summed E-state index contributed by atoms with van der Waals surface area (Å²) in [4.78, 5) is 60.8. The lowest BCUT2D eigenvalue weighted by Crippen LogP contribution is -2.50. The number of sulfonamides is 2. The molecule has 0 aliphatic carbocycles. The summed E-state index contributed by atoms with van der Waals surface area (Å²) in [7, 11) is -3.66. The van der Waals surface area contributed by atoms with Gasteiger partial charge in [0.25, 0.3) is 17.7 Å². The second kappa shape index (κ2) is 35.0. The number of nitrogens with zero attached hydrogens (tertiary/aromatic N) is 5. The molecule has 2 saturated heterocycles. The number of amides is 3. The van der Waals surface area contributed by atoms with Gasteiger partial charge < -0.3 is 35.4 Å². The lowest BCUT2D eigenvalue weighted by molar-refractivity contribution is -0.138. The van der Waals surface area contributed by atoms with E-state index in [0.717, 1.165) is 67.6 Å². The fraction of sp³-hybridized carbons (Fsp3) is 0.457. The number of aromatic carboxylic acids is 1. The minimum Gasteiger partial charge on any atom is -0.493 e. The van der Waals surface area contributed by atoms with Gasteiger partial charge in [0.05, 0.1) is 41.4 Å². The Kier molecular flexibility index (Phi) is 28.1. The molecule has 19 nitrogen and oxygen atoms in total. The summed E-state index contributed by atoms with van der Waals surface area (Å²) in [6.07, 6.45) is 5.72. The quantitative estimate of drug-likeness (QED) is 0.0216. The molecule has 0 unspecified atom stereocenters. The summed E-state index contributed by atoms with van der Waals surface area (Å²) >= 11 is 0. The largest absolute Gasteiger partial charge is 0.493 e. The van der Waals surface area contributed by atoms with Crippen LogP contribution in [0.25, 0.3) is 0 Å². The lowest BCUT2D eigenvalue weighted by atomic mass is 9.89. The van der Waals surface area contributed by atoms with Crippen molar-refractivity contribution in [3.05, 3.63) is 179 Å². The Hall–Kier alpha value is -7.98. The van der Waals surface area contributed by atoms with Gasteiger partial charge in [0, 0.05) is 56.5 Å². The van der Waals surface area contributed by atoms with E-state index in [1.807, 2.05) is 26.1 Å². The Bertz CT molecular complexity index is 3780. The number of halogens is 6. The van der Waals surface area contributed by atoms with E-state index < -0.39 is 72.4 Å². The van der Waals surface area contributed by atoms with Crippen LogP contribution in [-0.2, 0) is 54.8 Å². The van der Waals surface area contributed by atoms with E-state index in [-0.39, 0.29) is 135 Å². The number of carboxylic acids is 1. The number of carbonyl (C=O) groups is 4. The predicted molar refractivity (Wildman–Crippen MR) is 363 cm³/mol. The predicted octanol–water partition coefficient (Wildman–Crippen LogP) is 11.2. The molecule has 97 heavy (non-hydrogen) atoms. The summed E-state index contributed by atoms with van der Waals surface area (Å²) in [5.41, 5.74) is -0.680. The zero-order valence-corrected chi connectivity index (χ0v) is 57.0. The maximum atomic E-state index is 13.7. The van der Waals surface area contributed by atoms with Crippen LogP contribution >= 0.6 is 0 Å². The normalized spacial score (nSPS) is 16.1. The zero-order chi connectivity index (χ0) is 71.4. The number of aryl methyl sites for hydroxylation is 4. The van der Waals surface area contributed by atoms with Gasteiger partial charge in [-0.3, -0.25) is 24.4 Å². The number of ether oxygens (including phenoxy) is 2. The van der Waals surface area contributed by atoms with Crippen molar-refractivity contribution in [2.45, 2.75) is 127 Å². The molecule has 0 bridgehead atoms. The summed E-state index contributed by atoms with van der Waals surface area (Å²) in [5, 5.41) is 17.4. The number of carboxylic acid groups (broad SMARTS) is 1. The number of piperidine rings is 2. The molecule has 4 aliphatic heterocycles. The molecule has 4 N–H and O–H groups in total. The fourth-order valence-electron chi connectivity index (χ4n) is 11.2. The maximum Gasteiger partial charge on any atom is 0.416 e. The van der Waals surface area contributed by atoms with E-state index in [1.54, 1.807) is 55.3 Å². The van der Waals surface area contributed by atoms with E-state index in [4.69, 9.17) is 14.6 Å². The molecule has 2 spiro atoms. The lowest BCUT2D eigenvalue weighted by Gasteiger charge is -2.34. The summed E-state index contributed by atoms with van der Waals surface area (Å²) in [6.45, 7) is 20.2. The summed E-state index contributed by atoms with van der Waals surface area (Å²) in [6, 6.07) is 16.2. The number of hydrogen-bond donors (Lipinski definition) is 4. The molecule has 528 valence electrons. The smallest absolute Gasteiger partial charge is 0.416 e. The Morgan fingerprint density at radius 1 is 0.619 bits per heavy atom. The molecule has 3 amide bonds. The van der Waals surface area contributed by atoms with Crippen LogP contribution in [0.3, 0.4) is 0 Å². The highest BCUT2D eigenvalue weighted by Crippen LogP contribution is 2.39. The second-order valence-corrected chi connectivity index (χ2v) is 28.3. The van der Waals surface area contributed by atoms with Crippen LogP contribution < -0.4 is 25.4 Å². The summed E-state index contributed by atoms with van der Waals surface area (Å²) < 4.78 is 148. The van der Waals surface area contributed by atoms with Crippen molar-refractivity contribution >= 4 is 55.4 Å². The number of aliphatic imine (C=N–C) groups is 2. The molecular weight excluding hydrogens is 1310 g/mol. The van der Waals surface area contributed by atoms with Crippen molar-refractivity contribution in [3.63, 3.8) is 0 Å². The highest BCUT2D eigenvalue weighted by atomic mass is 32.2. The van der Waals surface area contributed by atoms with Crippen LogP contribution in [0, 0.1) is 13.8 Å². The highest BCUT2D eigenvalue weighted by Gasteiger charge is 2.49. The molecule has 4 aliphatic rings. The maximum absolute atomic E-state index is 13.7. The number of alkyl halides is 6. The number of carbonyl (C=O) groups excluding carboxylic acids is 3. The van der Waals surface area contributed by atoms with Gasteiger partial charge in [-0.15, -0.1) is 26.3 Å². The number of allylic oxidation sites excluding steroid dienone is 2. The molecule has 2 fully saturated rings. The Labute approximate surface area is 565 Å². The number of amidine groups is 2. The molecule has 8 rings (SSSR count).